The van der Waals surface area contributed by atoms with Crippen molar-refractivity contribution in [1.29, 1.82) is 0 Å². The molecule has 2 aromatic carbocycles. The Balaban J connectivity index is 0.000000282. The molecule has 1 N–H and O–H groups in total. The highest BCUT2D eigenvalue weighted by Crippen LogP contribution is 2.27. The lowest BCUT2D eigenvalue weighted by atomic mass is 10.2. The van der Waals surface area contributed by atoms with Crippen molar-refractivity contribution in [2.75, 3.05) is 19.8 Å². The molecule has 0 radical (unpaired) electrons. The van der Waals surface area contributed by atoms with Crippen LogP contribution in [0, 0.1) is 0 Å². The fourth-order valence-electron chi connectivity index (χ4n) is 3.10. The number of aliphatic hydroxyl groups is 1. The molecule has 0 aliphatic carbocycles. The molecule has 5 nitrogen and oxygen atoms in total. The van der Waals surface area contributed by atoms with Crippen LogP contribution in [0.2, 0.25) is 0 Å². The highest BCUT2D eigenvalue weighted by Gasteiger charge is 2.46. The first-order valence-corrected chi connectivity index (χ1v) is 13.1. The van der Waals surface area contributed by atoms with Gasteiger partial charge in [0.25, 0.3) is 0 Å². The van der Waals surface area contributed by atoms with Gasteiger partial charge in [0, 0.05) is 28.6 Å². The zero-order valence-corrected chi connectivity index (χ0v) is 19.0. The number of aliphatic hydroxyl groups excluding tert-OH is 1. The lowest BCUT2D eigenvalue weighted by molar-refractivity contribution is -0.0273. The Hall–Kier alpha value is -1.59. The molecule has 1 aliphatic heterocycles. The standard InChI is InChI=1S/C19H23OS.C3H5F3O4S/c1-3-8-17(9-4-1)15-21(19-12-7-13-20-14-19)16-18-10-5-2-6-11-18;4-2(1-7)3(5,6)11(8,9)10/h1-6,8-11,19H,7,12-16H2;2,7H,1H2,(H,8,9,10)/q+1;/p-1. The van der Waals surface area contributed by atoms with Gasteiger partial charge in [-0.1, -0.05) is 60.7 Å². The third-order valence-electron chi connectivity index (χ3n) is 4.84. The predicted octanol–water partition coefficient (Wildman–Crippen LogP) is 3.64. The maximum atomic E-state index is 11.9. The molecule has 0 aromatic heterocycles. The maximum absolute atomic E-state index is 11.9. The lowest BCUT2D eigenvalue weighted by Gasteiger charge is -2.23. The van der Waals surface area contributed by atoms with Gasteiger partial charge in [-0.3, -0.25) is 0 Å². The summed E-state index contributed by atoms with van der Waals surface area (Å²) in [5.74, 6) is 2.37. The summed E-state index contributed by atoms with van der Waals surface area (Å²) in [6, 6.07) is 21.8. The van der Waals surface area contributed by atoms with Crippen molar-refractivity contribution in [2.45, 2.75) is 41.0 Å². The number of hydrogen-bond acceptors (Lipinski definition) is 5. The summed E-state index contributed by atoms with van der Waals surface area (Å²) in [6.45, 7) is 0.182. The number of hydrogen-bond donors (Lipinski definition) is 1. The molecule has 1 aliphatic rings. The van der Waals surface area contributed by atoms with Crippen LogP contribution in [0.4, 0.5) is 13.2 Å². The molecular formula is C22H27F3O5S2. The van der Waals surface area contributed by atoms with Gasteiger partial charge in [0.2, 0.25) is 0 Å². The molecule has 1 fully saturated rings. The number of ether oxygens (including phenoxy) is 1. The molecule has 3 rings (SSSR count). The van der Waals surface area contributed by atoms with Gasteiger partial charge in [0.05, 0.1) is 13.2 Å². The highest BCUT2D eigenvalue weighted by atomic mass is 32.2. The molecule has 2 unspecified atom stereocenters. The average molecular weight is 493 g/mol. The van der Waals surface area contributed by atoms with Gasteiger partial charge in [-0.05, 0) is 12.8 Å². The van der Waals surface area contributed by atoms with Crippen molar-refractivity contribution in [3.63, 3.8) is 0 Å². The van der Waals surface area contributed by atoms with Crippen LogP contribution in [0.15, 0.2) is 60.7 Å². The molecule has 1 saturated heterocycles. The van der Waals surface area contributed by atoms with Crippen LogP contribution >= 0.6 is 0 Å². The molecule has 178 valence electrons. The number of alkyl halides is 3. The maximum Gasteiger partial charge on any atom is 0.367 e. The monoisotopic (exact) mass is 492 g/mol. The molecule has 32 heavy (non-hydrogen) atoms. The fourth-order valence-corrected chi connectivity index (χ4v) is 6.09. The second kappa shape index (κ2) is 12.6. The molecule has 0 saturated carbocycles. The normalized spacial score (nSPS) is 18.0. The average Bonchev–Trinajstić information content (AvgIpc) is 2.80. The van der Waals surface area contributed by atoms with Crippen LogP contribution in [-0.2, 0) is 37.3 Å². The van der Waals surface area contributed by atoms with Gasteiger partial charge in [0.15, 0.2) is 16.3 Å². The number of halogens is 3. The molecule has 0 amide bonds. The van der Waals surface area contributed by atoms with Crippen molar-refractivity contribution >= 4 is 21.0 Å². The third kappa shape index (κ3) is 8.08. The molecule has 2 aromatic rings. The minimum Gasteiger partial charge on any atom is -0.743 e. The second-order valence-corrected chi connectivity index (χ2v) is 11.1. The summed E-state index contributed by atoms with van der Waals surface area (Å²) in [5.41, 5.74) is 2.92. The van der Waals surface area contributed by atoms with E-state index in [1.165, 1.54) is 35.5 Å². The summed E-state index contributed by atoms with van der Waals surface area (Å²) in [6.07, 6.45) is -0.828. The first-order chi connectivity index (χ1) is 15.1. The van der Waals surface area contributed by atoms with Crippen molar-refractivity contribution in [1.82, 2.24) is 0 Å². The van der Waals surface area contributed by atoms with E-state index in [2.05, 4.69) is 60.7 Å². The first-order valence-electron chi connectivity index (χ1n) is 10.0. The minimum atomic E-state index is -6.03. The summed E-state index contributed by atoms with van der Waals surface area (Å²) in [4.78, 5) is 0. The smallest absolute Gasteiger partial charge is 0.367 e. The van der Waals surface area contributed by atoms with Crippen LogP contribution in [-0.4, -0.2) is 54.6 Å². The Bertz CT molecular complexity index is 851. The SMILES string of the molecule is O=S(=O)([O-])C(F)(F)C(F)CO.c1ccc(C[S+](Cc2ccccc2)C2CCCOC2)cc1. The van der Waals surface area contributed by atoms with Crippen LogP contribution in [0.3, 0.4) is 0 Å². The van der Waals surface area contributed by atoms with E-state index in [9.17, 15) is 26.1 Å². The van der Waals surface area contributed by atoms with Gasteiger partial charge in [0.1, 0.15) is 16.8 Å². The van der Waals surface area contributed by atoms with Gasteiger partial charge in [-0.2, -0.15) is 8.78 Å². The van der Waals surface area contributed by atoms with Gasteiger partial charge in [-0.15, -0.1) is 0 Å². The Kier molecular flexibility index (Phi) is 10.5. The largest absolute Gasteiger partial charge is 0.743 e. The van der Waals surface area contributed by atoms with E-state index in [-0.39, 0.29) is 0 Å². The van der Waals surface area contributed by atoms with Crippen LogP contribution < -0.4 is 0 Å². The lowest BCUT2D eigenvalue weighted by Crippen LogP contribution is -2.40. The van der Waals surface area contributed by atoms with Gasteiger partial charge >= 0.3 is 5.25 Å². The van der Waals surface area contributed by atoms with Crippen molar-refractivity contribution < 1.29 is 36.0 Å². The molecule has 2 atom stereocenters. The number of rotatable bonds is 8. The third-order valence-corrected chi connectivity index (χ3v) is 8.48. The molecule has 10 heteroatoms. The zero-order valence-electron chi connectivity index (χ0n) is 17.4. The van der Waals surface area contributed by atoms with E-state index < -0.39 is 28.2 Å². The van der Waals surface area contributed by atoms with E-state index in [0.717, 1.165) is 18.5 Å². The van der Waals surface area contributed by atoms with Gasteiger partial charge < -0.3 is 14.4 Å². The Morgan fingerprint density at radius 2 is 1.56 bits per heavy atom. The van der Waals surface area contributed by atoms with Crippen LogP contribution in [0.25, 0.3) is 0 Å². The van der Waals surface area contributed by atoms with Crippen molar-refractivity contribution in [2.24, 2.45) is 0 Å². The van der Waals surface area contributed by atoms with Crippen LogP contribution in [0.5, 0.6) is 0 Å². The van der Waals surface area contributed by atoms with E-state index in [1.54, 1.807) is 0 Å². The minimum absolute atomic E-state index is 0.362. The Labute approximate surface area is 189 Å². The second-order valence-electron chi connectivity index (χ2n) is 7.30. The molecule has 0 spiro atoms. The summed E-state index contributed by atoms with van der Waals surface area (Å²) in [7, 11) is -5.67. The Morgan fingerprint density at radius 3 is 1.91 bits per heavy atom. The van der Waals surface area contributed by atoms with Gasteiger partial charge in [-0.25, -0.2) is 12.8 Å². The van der Waals surface area contributed by atoms with E-state index >= 15 is 0 Å². The first kappa shape index (κ1) is 26.7. The Morgan fingerprint density at radius 1 is 1.06 bits per heavy atom. The molecular weight excluding hydrogens is 465 g/mol. The molecule has 1 heterocycles. The van der Waals surface area contributed by atoms with Crippen LogP contribution in [0.1, 0.15) is 24.0 Å². The quantitative estimate of drug-likeness (QED) is 0.449. The fraction of sp³-hybridized carbons (Fsp3) is 0.455. The predicted molar refractivity (Wildman–Crippen MR) is 118 cm³/mol. The summed E-state index contributed by atoms with van der Waals surface area (Å²) >= 11 is 0. The summed E-state index contributed by atoms with van der Waals surface area (Å²) in [5, 5.41) is 3.44. The summed E-state index contributed by atoms with van der Waals surface area (Å²) < 4.78 is 70.1. The van der Waals surface area contributed by atoms with Crippen molar-refractivity contribution in [3.05, 3.63) is 71.8 Å². The molecule has 0 bridgehead atoms. The van der Waals surface area contributed by atoms with Crippen molar-refractivity contribution in [3.8, 4) is 0 Å². The van der Waals surface area contributed by atoms with E-state index in [1.807, 2.05) is 0 Å². The zero-order chi connectivity index (χ0) is 23.6. The highest BCUT2D eigenvalue weighted by molar-refractivity contribution is 7.96. The van der Waals surface area contributed by atoms with E-state index in [0.29, 0.717) is 10.9 Å². The number of benzene rings is 2. The topological polar surface area (TPSA) is 86.7 Å². The van der Waals surface area contributed by atoms with E-state index in [4.69, 9.17) is 9.84 Å².